The monoisotopic (exact) mass is 364 g/mol. The quantitative estimate of drug-likeness (QED) is 0.599. The molecule has 0 radical (unpaired) electrons. The molecule has 7 nitrogen and oxygen atoms in total. The lowest BCUT2D eigenvalue weighted by molar-refractivity contribution is 0.0563. The number of pyridine rings is 1. The maximum atomic E-state index is 12.3. The van der Waals surface area contributed by atoms with Crippen molar-refractivity contribution in [1.82, 2.24) is 20.0 Å². The molecule has 0 aliphatic carbocycles. The van der Waals surface area contributed by atoms with Crippen molar-refractivity contribution in [3.8, 4) is 0 Å². The lowest BCUT2D eigenvalue weighted by Gasteiger charge is -2.36. The maximum Gasteiger partial charge on any atom is 0.272 e. The van der Waals surface area contributed by atoms with Gasteiger partial charge in [-0.15, -0.1) is 0 Å². The van der Waals surface area contributed by atoms with Crippen molar-refractivity contribution in [3.05, 3.63) is 77.7 Å². The number of nitrogens with zero attached hydrogens (tertiary/aromatic N) is 4. The van der Waals surface area contributed by atoms with Gasteiger partial charge in [0.15, 0.2) is 5.82 Å². The Hall–Kier alpha value is -3.06. The second-order valence-corrected chi connectivity index (χ2v) is 6.46. The van der Waals surface area contributed by atoms with Crippen molar-refractivity contribution in [1.29, 1.82) is 0 Å². The predicted molar refractivity (Wildman–Crippen MR) is 97.0 cm³/mol. The Labute approximate surface area is 157 Å². The van der Waals surface area contributed by atoms with Crippen molar-refractivity contribution in [3.63, 3.8) is 0 Å². The molecule has 4 rings (SSSR count). The van der Waals surface area contributed by atoms with Gasteiger partial charge in [-0.1, -0.05) is 41.6 Å². The van der Waals surface area contributed by atoms with Gasteiger partial charge in [0, 0.05) is 25.7 Å². The number of carbonyl (C=O) groups excluding carboxylic acids is 1. The number of likely N-dealkylation sites (tertiary alicyclic amines) is 1. The molecule has 138 valence electrons. The summed E-state index contributed by atoms with van der Waals surface area (Å²) in [5, 5.41) is 4.01. The van der Waals surface area contributed by atoms with Crippen LogP contribution in [0.25, 0.3) is 0 Å². The second kappa shape index (κ2) is 8.09. The number of benzene rings is 1. The first-order chi connectivity index (χ1) is 13.3. The van der Waals surface area contributed by atoms with Crippen LogP contribution >= 0.6 is 0 Å². The van der Waals surface area contributed by atoms with Crippen LogP contribution in [0.5, 0.6) is 0 Å². The Morgan fingerprint density at radius 3 is 2.74 bits per heavy atom. The highest BCUT2D eigenvalue weighted by Gasteiger charge is 2.36. The van der Waals surface area contributed by atoms with Crippen LogP contribution in [-0.4, -0.2) is 45.6 Å². The van der Waals surface area contributed by atoms with Crippen LogP contribution in [0.1, 0.15) is 33.7 Å². The Morgan fingerprint density at radius 1 is 1.15 bits per heavy atom. The predicted octanol–water partition coefficient (Wildman–Crippen LogP) is 2.46. The largest absolute Gasteiger partial charge is 0.376 e. The third kappa shape index (κ3) is 4.20. The number of hydrogen-bond acceptors (Lipinski definition) is 6. The van der Waals surface area contributed by atoms with E-state index in [2.05, 4.69) is 15.1 Å². The van der Waals surface area contributed by atoms with Gasteiger partial charge in [0.05, 0.1) is 19.1 Å². The summed E-state index contributed by atoms with van der Waals surface area (Å²) in [6, 6.07) is 15.3. The number of carbonyl (C=O) groups is 1. The zero-order chi connectivity index (χ0) is 18.5. The third-order valence-electron chi connectivity index (χ3n) is 4.47. The summed E-state index contributed by atoms with van der Waals surface area (Å²) < 4.78 is 11.0. The molecule has 1 saturated heterocycles. The van der Waals surface area contributed by atoms with Crippen molar-refractivity contribution in [2.45, 2.75) is 18.9 Å². The minimum absolute atomic E-state index is 0.0686. The van der Waals surface area contributed by atoms with E-state index in [4.69, 9.17) is 9.26 Å². The van der Waals surface area contributed by atoms with E-state index in [-0.39, 0.29) is 11.8 Å². The molecule has 0 spiro atoms. The molecule has 2 aromatic heterocycles. The fourth-order valence-corrected chi connectivity index (χ4v) is 2.91. The van der Waals surface area contributed by atoms with Gasteiger partial charge in [-0.2, -0.15) is 4.98 Å². The van der Waals surface area contributed by atoms with Gasteiger partial charge >= 0.3 is 0 Å². The topological polar surface area (TPSA) is 81.4 Å². The standard InChI is InChI=1S/C20H20N4O3/c25-20(17-8-4-5-10-21-17)24-12-16(13-24)19-22-18(23-27-19)9-11-26-14-15-6-2-1-3-7-15/h1-8,10,16H,9,11-14H2. The summed E-state index contributed by atoms with van der Waals surface area (Å²) in [4.78, 5) is 22.5. The average molecular weight is 364 g/mol. The minimum atomic E-state index is -0.0686. The molecule has 1 fully saturated rings. The van der Waals surface area contributed by atoms with E-state index in [1.807, 2.05) is 36.4 Å². The molecule has 0 bridgehead atoms. The molecule has 0 atom stereocenters. The van der Waals surface area contributed by atoms with Crippen LogP contribution < -0.4 is 0 Å². The van der Waals surface area contributed by atoms with Crippen LogP contribution in [0.15, 0.2) is 59.3 Å². The highest BCUT2D eigenvalue weighted by molar-refractivity contribution is 5.92. The van der Waals surface area contributed by atoms with Crippen molar-refractivity contribution in [2.24, 2.45) is 0 Å². The van der Waals surface area contributed by atoms with Gasteiger partial charge in [0.1, 0.15) is 5.69 Å². The van der Waals surface area contributed by atoms with E-state index in [0.717, 1.165) is 5.56 Å². The summed E-state index contributed by atoms with van der Waals surface area (Å²) >= 11 is 0. The normalized spacial score (nSPS) is 14.1. The van der Waals surface area contributed by atoms with E-state index in [1.165, 1.54) is 0 Å². The van der Waals surface area contributed by atoms with Gasteiger partial charge in [-0.3, -0.25) is 9.78 Å². The molecular weight excluding hydrogens is 344 g/mol. The summed E-state index contributed by atoms with van der Waals surface area (Å²) in [7, 11) is 0. The zero-order valence-electron chi connectivity index (χ0n) is 14.8. The average Bonchev–Trinajstić information content (AvgIpc) is 3.14. The Balaban J connectivity index is 1.22. The van der Waals surface area contributed by atoms with E-state index in [9.17, 15) is 4.79 Å². The lowest BCUT2D eigenvalue weighted by Crippen LogP contribution is -2.48. The molecule has 3 heterocycles. The first-order valence-corrected chi connectivity index (χ1v) is 8.94. The number of amides is 1. The molecule has 3 aromatic rings. The summed E-state index contributed by atoms with van der Waals surface area (Å²) in [5.41, 5.74) is 1.59. The number of aromatic nitrogens is 3. The van der Waals surface area contributed by atoms with Crippen molar-refractivity contribution < 1.29 is 14.1 Å². The van der Waals surface area contributed by atoms with E-state index in [0.29, 0.717) is 50.1 Å². The molecule has 7 heteroatoms. The Kier molecular flexibility index (Phi) is 5.20. The SMILES string of the molecule is O=C(c1ccccn1)N1CC(c2nc(CCOCc3ccccc3)no2)C1. The second-order valence-electron chi connectivity index (χ2n) is 6.46. The molecular formula is C20H20N4O3. The van der Waals surface area contributed by atoms with Crippen LogP contribution in [-0.2, 0) is 17.8 Å². The molecule has 1 amide bonds. The van der Waals surface area contributed by atoms with Crippen molar-refractivity contribution >= 4 is 5.91 Å². The van der Waals surface area contributed by atoms with Crippen LogP contribution in [0.3, 0.4) is 0 Å². The molecule has 1 aliphatic rings. The van der Waals surface area contributed by atoms with Gasteiger partial charge < -0.3 is 14.2 Å². The first kappa shape index (κ1) is 17.4. The highest BCUT2D eigenvalue weighted by Crippen LogP contribution is 2.26. The maximum absolute atomic E-state index is 12.3. The molecule has 0 saturated carbocycles. The van der Waals surface area contributed by atoms with Gasteiger partial charge in [-0.25, -0.2) is 0 Å². The van der Waals surface area contributed by atoms with Gasteiger partial charge in [0.2, 0.25) is 5.89 Å². The Bertz CT molecular complexity index is 877. The van der Waals surface area contributed by atoms with Crippen LogP contribution in [0.4, 0.5) is 0 Å². The summed E-state index contributed by atoms with van der Waals surface area (Å²) in [5.74, 6) is 1.23. The summed E-state index contributed by atoms with van der Waals surface area (Å²) in [6.07, 6.45) is 2.22. The number of hydrogen-bond donors (Lipinski definition) is 0. The molecule has 0 N–H and O–H groups in total. The summed E-state index contributed by atoms with van der Waals surface area (Å²) in [6.45, 7) is 2.24. The highest BCUT2D eigenvalue weighted by atomic mass is 16.5. The molecule has 27 heavy (non-hydrogen) atoms. The lowest BCUT2D eigenvalue weighted by atomic mass is 9.99. The third-order valence-corrected chi connectivity index (χ3v) is 4.47. The first-order valence-electron chi connectivity index (χ1n) is 8.94. The number of rotatable bonds is 7. The van der Waals surface area contributed by atoms with Crippen LogP contribution in [0, 0.1) is 0 Å². The zero-order valence-corrected chi connectivity index (χ0v) is 14.8. The van der Waals surface area contributed by atoms with Gasteiger partial charge in [-0.05, 0) is 17.7 Å². The minimum Gasteiger partial charge on any atom is -0.376 e. The van der Waals surface area contributed by atoms with E-state index < -0.39 is 0 Å². The van der Waals surface area contributed by atoms with E-state index in [1.54, 1.807) is 23.2 Å². The van der Waals surface area contributed by atoms with E-state index >= 15 is 0 Å². The molecule has 1 aromatic carbocycles. The molecule has 1 aliphatic heterocycles. The Morgan fingerprint density at radius 2 is 1.96 bits per heavy atom. The fraction of sp³-hybridized carbons (Fsp3) is 0.300. The smallest absolute Gasteiger partial charge is 0.272 e. The van der Waals surface area contributed by atoms with Crippen molar-refractivity contribution in [2.75, 3.05) is 19.7 Å². The fourth-order valence-electron chi connectivity index (χ4n) is 2.91. The van der Waals surface area contributed by atoms with Gasteiger partial charge in [0.25, 0.3) is 5.91 Å². The van der Waals surface area contributed by atoms with Crippen LogP contribution in [0.2, 0.25) is 0 Å². The number of ether oxygens (including phenoxy) is 1. The molecule has 0 unspecified atom stereocenters.